The normalized spacial score (nSPS) is 11.1. The second kappa shape index (κ2) is 5.62. The van der Waals surface area contributed by atoms with Crippen LogP contribution in [0.5, 0.6) is 0 Å². The van der Waals surface area contributed by atoms with E-state index in [1.807, 2.05) is 0 Å². The zero-order valence-electron chi connectivity index (χ0n) is 11.0. The van der Waals surface area contributed by atoms with Crippen LogP contribution in [0.15, 0.2) is 40.0 Å². The lowest BCUT2D eigenvalue weighted by Gasteiger charge is -2.09. The fraction of sp³-hybridized carbons (Fsp3) is 0.0833. The van der Waals surface area contributed by atoms with Gasteiger partial charge >= 0.3 is 0 Å². The molecule has 0 amide bonds. The summed E-state index contributed by atoms with van der Waals surface area (Å²) in [5, 5.41) is 5.73. The van der Waals surface area contributed by atoms with Crippen molar-refractivity contribution in [2.45, 2.75) is 11.8 Å². The summed E-state index contributed by atoms with van der Waals surface area (Å²) in [5.74, 6) is 0.0191. The van der Waals surface area contributed by atoms with Crippen LogP contribution in [0.25, 0.3) is 0 Å². The van der Waals surface area contributed by atoms with E-state index in [0.29, 0.717) is 11.1 Å². The van der Waals surface area contributed by atoms with E-state index in [1.165, 1.54) is 24.3 Å². The van der Waals surface area contributed by atoms with Crippen LogP contribution in [0, 0.1) is 6.92 Å². The number of nitrogens with one attached hydrogen (secondary N) is 2. The molecule has 1 aromatic heterocycles. The number of sulfonamides is 1. The van der Waals surface area contributed by atoms with Gasteiger partial charge in [-0.05, 0) is 30.7 Å². The Bertz CT molecular complexity index is 839. The summed E-state index contributed by atoms with van der Waals surface area (Å²) in [5.41, 5.74) is 6.38. The highest BCUT2D eigenvalue weighted by atomic mass is 32.2. The molecule has 2 rings (SSSR count). The second-order valence-corrected chi connectivity index (χ2v) is 6.38. The molecule has 0 spiro atoms. The smallest absolute Gasteiger partial charge is 0.264 e. The molecule has 0 radical (unpaired) electrons. The van der Waals surface area contributed by atoms with Crippen molar-refractivity contribution >= 4 is 33.0 Å². The van der Waals surface area contributed by atoms with Crippen LogP contribution in [0.1, 0.15) is 11.1 Å². The number of hydrogen-bond donors (Lipinski definition) is 3. The lowest BCUT2D eigenvalue weighted by molar-refractivity contribution is 0.601. The molecule has 0 saturated carbocycles. The van der Waals surface area contributed by atoms with Crippen molar-refractivity contribution in [2.75, 3.05) is 4.72 Å². The molecule has 21 heavy (non-hydrogen) atoms. The monoisotopic (exact) mass is 324 g/mol. The third-order valence-electron chi connectivity index (χ3n) is 2.69. The fourth-order valence-corrected chi connectivity index (χ4v) is 2.99. The molecule has 110 valence electrons. The van der Waals surface area contributed by atoms with Gasteiger partial charge in [-0.1, -0.05) is 18.3 Å². The summed E-state index contributed by atoms with van der Waals surface area (Å²) in [6.45, 7) is 1.71. The van der Waals surface area contributed by atoms with Crippen molar-refractivity contribution in [3.63, 3.8) is 0 Å². The van der Waals surface area contributed by atoms with Gasteiger partial charge in [0.05, 0.1) is 4.90 Å². The molecule has 0 bridgehead atoms. The molecule has 0 saturated heterocycles. The Morgan fingerprint density at radius 2 is 2.05 bits per heavy atom. The largest absolute Gasteiger partial charge is 0.389 e. The predicted molar refractivity (Wildman–Crippen MR) is 82.7 cm³/mol. The zero-order valence-corrected chi connectivity index (χ0v) is 12.6. The molecular formula is C12H12N4O3S2. The fourth-order valence-electron chi connectivity index (χ4n) is 1.68. The Balaban J connectivity index is 2.35. The van der Waals surface area contributed by atoms with Crippen LogP contribution in [-0.2, 0) is 10.0 Å². The highest BCUT2D eigenvalue weighted by molar-refractivity contribution is 7.92. The van der Waals surface area contributed by atoms with E-state index in [4.69, 9.17) is 18.0 Å². The Morgan fingerprint density at radius 3 is 2.57 bits per heavy atom. The van der Waals surface area contributed by atoms with Crippen molar-refractivity contribution in [1.82, 2.24) is 10.2 Å². The van der Waals surface area contributed by atoms with Gasteiger partial charge < -0.3 is 5.73 Å². The van der Waals surface area contributed by atoms with E-state index in [2.05, 4.69) is 14.9 Å². The number of hydrogen-bond acceptors (Lipinski definition) is 5. The molecule has 0 atom stereocenters. The third-order valence-corrected chi connectivity index (χ3v) is 4.26. The van der Waals surface area contributed by atoms with Crippen LogP contribution >= 0.6 is 12.2 Å². The molecule has 1 heterocycles. The van der Waals surface area contributed by atoms with Crippen LogP contribution in [-0.4, -0.2) is 23.6 Å². The second-order valence-electron chi connectivity index (χ2n) is 4.25. The summed E-state index contributed by atoms with van der Waals surface area (Å²) in [4.78, 5) is 11.1. The Labute approximate surface area is 126 Å². The molecule has 0 aliphatic rings. The number of rotatable bonds is 4. The number of aryl methyl sites for hydroxylation is 1. The SMILES string of the molecule is Cc1cc(S(=O)(=O)Nc2ccc(=O)[nH]n2)ccc1C(N)=S. The maximum atomic E-state index is 12.2. The van der Waals surface area contributed by atoms with Crippen LogP contribution in [0.3, 0.4) is 0 Å². The van der Waals surface area contributed by atoms with E-state index >= 15 is 0 Å². The first-order valence-corrected chi connectivity index (χ1v) is 7.68. The minimum atomic E-state index is -3.81. The van der Waals surface area contributed by atoms with Crippen molar-refractivity contribution in [1.29, 1.82) is 0 Å². The first-order chi connectivity index (χ1) is 9.79. The van der Waals surface area contributed by atoms with Crippen molar-refractivity contribution in [3.8, 4) is 0 Å². The summed E-state index contributed by atoms with van der Waals surface area (Å²) < 4.78 is 26.7. The summed E-state index contributed by atoms with van der Waals surface area (Å²) in [7, 11) is -3.81. The molecule has 0 aliphatic heterocycles. The molecule has 1 aromatic carbocycles. The van der Waals surface area contributed by atoms with E-state index in [1.54, 1.807) is 13.0 Å². The number of anilines is 1. The van der Waals surface area contributed by atoms with Gasteiger partial charge in [0.15, 0.2) is 5.82 Å². The molecule has 0 unspecified atom stereocenters. The average Bonchev–Trinajstić information content (AvgIpc) is 2.40. The first kappa shape index (κ1) is 15.1. The number of aromatic nitrogens is 2. The topological polar surface area (TPSA) is 118 Å². The highest BCUT2D eigenvalue weighted by Gasteiger charge is 2.16. The minimum Gasteiger partial charge on any atom is -0.389 e. The lowest BCUT2D eigenvalue weighted by atomic mass is 10.1. The Morgan fingerprint density at radius 1 is 1.33 bits per heavy atom. The number of nitrogens with two attached hydrogens (primary N) is 1. The number of nitrogens with zero attached hydrogens (tertiary/aromatic N) is 1. The average molecular weight is 324 g/mol. The maximum absolute atomic E-state index is 12.2. The number of benzene rings is 1. The van der Waals surface area contributed by atoms with Crippen molar-refractivity contribution in [3.05, 3.63) is 51.8 Å². The van der Waals surface area contributed by atoms with E-state index in [0.717, 1.165) is 0 Å². The van der Waals surface area contributed by atoms with Crippen LogP contribution < -0.4 is 16.0 Å². The standard InChI is InChI=1S/C12H12N4O3S2/c1-7-6-8(2-3-9(7)12(13)20)21(18,19)16-10-4-5-11(17)15-14-10/h2-6H,1H3,(H2,13,20)(H,14,16)(H,15,17). The molecule has 2 aromatic rings. The van der Waals surface area contributed by atoms with Gasteiger partial charge in [-0.3, -0.25) is 9.52 Å². The van der Waals surface area contributed by atoms with Gasteiger partial charge in [0.2, 0.25) is 0 Å². The molecule has 0 fully saturated rings. The van der Waals surface area contributed by atoms with Crippen LogP contribution in [0.4, 0.5) is 5.82 Å². The predicted octanol–water partition coefficient (Wildman–Crippen LogP) is 0.513. The molecule has 4 N–H and O–H groups in total. The minimum absolute atomic E-state index is 0.0191. The van der Waals surface area contributed by atoms with Gasteiger partial charge in [-0.15, -0.1) is 0 Å². The summed E-state index contributed by atoms with van der Waals surface area (Å²) in [6.07, 6.45) is 0. The van der Waals surface area contributed by atoms with Gasteiger partial charge in [0.25, 0.3) is 15.6 Å². The van der Waals surface area contributed by atoms with Gasteiger partial charge in [-0.2, -0.15) is 5.10 Å². The quantitative estimate of drug-likeness (QED) is 0.705. The Kier molecular flexibility index (Phi) is 4.05. The van der Waals surface area contributed by atoms with E-state index in [9.17, 15) is 13.2 Å². The van der Waals surface area contributed by atoms with Crippen LogP contribution in [0.2, 0.25) is 0 Å². The highest BCUT2D eigenvalue weighted by Crippen LogP contribution is 2.17. The first-order valence-electron chi connectivity index (χ1n) is 5.78. The van der Waals surface area contributed by atoms with Gasteiger partial charge in [0, 0.05) is 11.6 Å². The van der Waals surface area contributed by atoms with Gasteiger partial charge in [0.1, 0.15) is 4.99 Å². The zero-order chi connectivity index (χ0) is 15.6. The molecular weight excluding hydrogens is 312 g/mol. The molecule has 0 aliphatic carbocycles. The maximum Gasteiger partial charge on any atom is 0.264 e. The van der Waals surface area contributed by atoms with E-state index < -0.39 is 15.6 Å². The molecule has 9 heteroatoms. The Hall–Kier alpha value is -2.26. The number of H-pyrrole nitrogens is 1. The van der Waals surface area contributed by atoms with E-state index in [-0.39, 0.29) is 15.7 Å². The lowest BCUT2D eigenvalue weighted by Crippen LogP contribution is -2.17. The third kappa shape index (κ3) is 3.44. The molecule has 7 nitrogen and oxygen atoms in total. The summed E-state index contributed by atoms with van der Waals surface area (Å²) in [6, 6.07) is 6.85. The number of thiocarbonyl (C=S) groups is 1. The van der Waals surface area contributed by atoms with Crippen molar-refractivity contribution in [2.24, 2.45) is 5.73 Å². The summed E-state index contributed by atoms with van der Waals surface area (Å²) >= 11 is 4.87. The number of aromatic amines is 1. The van der Waals surface area contributed by atoms with Gasteiger partial charge in [-0.25, -0.2) is 13.5 Å². The van der Waals surface area contributed by atoms with Crippen molar-refractivity contribution < 1.29 is 8.42 Å².